The lowest BCUT2D eigenvalue weighted by Crippen LogP contribution is -2.45. The topological polar surface area (TPSA) is 63.6 Å². The fourth-order valence-electron chi connectivity index (χ4n) is 2.04. The van der Waals surface area contributed by atoms with Crippen LogP contribution in [0.1, 0.15) is 31.4 Å². The molecule has 0 radical (unpaired) electrons. The van der Waals surface area contributed by atoms with E-state index >= 15 is 4.39 Å². The van der Waals surface area contributed by atoms with E-state index in [4.69, 9.17) is 4.74 Å². The first kappa shape index (κ1) is 19.7. The number of carbonyl (C=O) groups is 2. The molecule has 1 rings (SSSR count). The van der Waals surface area contributed by atoms with Gasteiger partial charge in [0.1, 0.15) is 0 Å². The maximum Gasteiger partial charge on any atom is 0.416 e. The van der Waals surface area contributed by atoms with E-state index in [0.29, 0.717) is 12.1 Å². The highest BCUT2D eigenvalue weighted by atomic mass is 19.4. The van der Waals surface area contributed by atoms with Gasteiger partial charge in [-0.05, 0) is 25.5 Å². The predicted molar refractivity (Wildman–Crippen MR) is 76.9 cm³/mol. The third kappa shape index (κ3) is 3.93. The number of halogens is 4. The van der Waals surface area contributed by atoms with Gasteiger partial charge in [0.25, 0.3) is 5.67 Å². The van der Waals surface area contributed by atoms with Crippen LogP contribution in [-0.4, -0.2) is 23.1 Å². The Labute approximate surface area is 135 Å². The van der Waals surface area contributed by atoms with Crippen molar-refractivity contribution < 1.29 is 37.0 Å². The number of aliphatic carboxylic acids is 1. The Kier molecular flexibility index (Phi) is 5.75. The minimum Gasteiger partial charge on any atom is -0.479 e. The van der Waals surface area contributed by atoms with E-state index in [-0.39, 0.29) is 12.0 Å². The summed E-state index contributed by atoms with van der Waals surface area (Å²) in [7, 11) is 0. The Bertz CT molecular complexity index is 654. The van der Waals surface area contributed by atoms with Crippen LogP contribution in [0.5, 0.6) is 0 Å². The van der Waals surface area contributed by atoms with E-state index in [1.54, 1.807) is 0 Å². The van der Waals surface area contributed by atoms with Crippen LogP contribution in [0.4, 0.5) is 17.6 Å². The number of rotatable bonds is 6. The highest BCUT2D eigenvalue weighted by Crippen LogP contribution is 2.38. The van der Waals surface area contributed by atoms with Crippen molar-refractivity contribution in [2.45, 2.75) is 38.2 Å². The molecule has 1 aromatic rings. The molecule has 0 bridgehead atoms. The molecule has 0 heterocycles. The second-order valence-electron chi connectivity index (χ2n) is 5.18. The molecule has 0 spiro atoms. The van der Waals surface area contributed by atoms with Crippen molar-refractivity contribution in [1.82, 2.24) is 0 Å². The van der Waals surface area contributed by atoms with Crippen molar-refractivity contribution in [3.8, 4) is 0 Å². The van der Waals surface area contributed by atoms with E-state index in [1.807, 2.05) is 0 Å². The largest absolute Gasteiger partial charge is 0.479 e. The second-order valence-corrected chi connectivity index (χ2v) is 5.18. The first-order chi connectivity index (χ1) is 10.9. The smallest absolute Gasteiger partial charge is 0.416 e. The molecule has 0 amide bonds. The van der Waals surface area contributed by atoms with Gasteiger partial charge in [0.2, 0.25) is 0 Å². The standard InChI is InChI=1S/C16H16F4O4/c1-4-12(24-13(21)9(2)3)15(17,14(22)23)10-6-5-7-11(8-10)16(18,19)20/h5-8,12H,2,4H2,1,3H3,(H,22,23). The Morgan fingerprint density at radius 3 is 2.21 bits per heavy atom. The molecule has 0 fully saturated rings. The second kappa shape index (κ2) is 7.02. The van der Waals surface area contributed by atoms with Crippen LogP contribution in [-0.2, 0) is 26.2 Å². The molecule has 0 saturated heterocycles. The van der Waals surface area contributed by atoms with Gasteiger partial charge in [-0.25, -0.2) is 14.0 Å². The van der Waals surface area contributed by atoms with E-state index in [1.165, 1.54) is 13.8 Å². The molecule has 2 atom stereocenters. The fourth-order valence-corrected chi connectivity index (χ4v) is 2.04. The first-order valence-corrected chi connectivity index (χ1v) is 6.91. The minimum atomic E-state index is -4.77. The van der Waals surface area contributed by atoms with Crippen molar-refractivity contribution in [2.75, 3.05) is 0 Å². The van der Waals surface area contributed by atoms with Crippen molar-refractivity contribution in [2.24, 2.45) is 0 Å². The van der Waals surface area contributed by atoms with Crippen LogP contribution in [0.2, 0.25) is 0 Å². The van der Waals surface area contributed by atoms with Crippen molar-refractivity contribution in [1.29, 1.82) is 0 Å². The Balaban J connectivity index is 3.41. The minimum absolute atomic E-state index is 0.0924. The third-order valence-electron chi connectivity index (χ3n) is 3.33. The van der Waals surface area contributed by atoms with Crippen LogP contribution < -0.4 is 0 Å². The Morgan fingerprint density at radius 2 is 1.79 bits per heavy atom. The zero-order chi connectivity index (χ0) is 18.7. The molecule has 1 N–H and O–H groups in total. The molecule has 0 aliphatic rings. The highest BCUT2D eigenvalue weighted by Gasteiger charge is 2.51. The average Bonchev–Trinajstić information content (AvgIpc) is 2.50. The summed E-state index contributed by atoms with van der Waals surface area (Å²) in [6, 6.07) is 2.88. The number of hydrogen-bond acceptors (Lipinski definition) is 3. The van der Waals surface area contributed by atoms with E-state index < -0.39 is 41.0 Å². The monoisotopic (exact) mass is 348 g/mol. The molecule has 4 nitrogen and oxygen atoms in total. The maximum atomic E-state index is 15.2. The molecule has 0 aliphatic heterocycles. The molecule has 8 heteroatoms. The molecular formula is C16H16F4O4. The zero-order valence-corrected chi connectivity index (χ0v) is 13.0. The quantitative estimate of drug-likeness (QED) is 0.482. The lowest BCUT2D eigenvalue weighted by Gasteiger charge is -2.30. The van der Waals surface area contributed by atoms with Gasteiger partial charge < -0.3 is 9.84 Å². The van der Waals surface area contributed by atoms with Gasteiger partial charge in [0.15, 0.2) is 6.10 Å². The van der Waals surface area contributed by atoms with Gasteiger partial charge in [-0.1, -0.05) is 25.6 Å². The number of carboxylic acid groups (broad SMARTS) is 1. The normalized spacial score (nSPS) is 15.2. The van der Waals surface area contributed by atoms with Crippen LogP contribution >= 0.6 is 0 Å². The molecule has 132 valence electrons. The Hall–Kier alpha value is -2.38. The van der Waals surface area contributed by atoms with Gasteiger partial charge in [-0.2, -0.15) is 13.2 Å². The highest BCUT2D eigenvalue weighted by molar-refractivity contribution is 5.88. The van der Waals surface area contributed by atoms with E-state index in [0.717, 1.165) is 12.1 Å². The number of benzene rings is 1. The lowest BCUT2D eigenvalue weighted by atomic mass is 9.87. The Morgan fingerprint density at radius 1 is 1.25 bits per heavy atom. The number of alkyl halides is 4. The molecule has 0 aliphatic carbocycles. The van der Waals surface area contributed by atoms with Gasteiger partial charge >= 0.3 is 18.1 Å². The van der Waals surface area contributed by atoms with Gasteiger partial charge in [-0.3, -0.25) is 0 Å². The van der Waals surface area contributed by atoms with Gasteiger partial charge in [0, 0.05) is 11.1 Å². The maximum absolute atomic E-state index is 15.2. The molecule has 0 saturated carbocycles. The number of carbonyl (C=O) groups excluding carboxylic acids is 1. The molecule has 1 aromatic carbocycles. The van der Waals surface area contributed by atoms with E-state index in [9.17, 15) is 27.9 Å². The molecule has 2 unspecified atom stereocenters. The molecule has 0 aromatic heterocycles. The summed E-state index contributed by atoms with van der Waals surface area (Å²) in [5.74, 6) is -3.08. The summed E-state index contributed by atoms with van der Waals surface area (Å²) in [4.78, 5) is 23.0. The van der Waals surface area contributed by atoms with Crippen molar-refractivity contribution in [3.05, 3.63) is 47.5 Å². The SMILES string of the molecule is C=C(C)C(=O)OC(CC)C(F)(C(=O)O)c1cccc(C(F)(F)F)c1. The summed E-state index contributed by atoms with van der Waals surface area (Å²) < 4.78 is 58.4. The van der Waals surface area contributed by atoms with Crippen LogP contribution in [0.15, 0.2) is 36.4 Å². The van der Waals surface area contributed by atoms with Crippen LogP contribution in [0, 0.1) is 0 Å². The summed E-state index contributed by atoms with van der Waals surface area (Å²) >= 11 is 0. The predicted octanol–water partition coefficient (Wildman–Crippen LogP) is 3.85. The van der Waals surface area contributed by atoms with Crippen molar-refractivity contribution in [3.63, 3.8) is 0 Å². The van der Waals surface area contributed by atoms with Crippen LogP contribution in [0.3, 0.4) is 0 Å². The summed E-state index contributed by atoms with van der Waals surface area (Å²) in [5, 5.41) is 9.26. The van der Waals surface area contributed by atoms with Gasteiger partial charge in [-0.15, -0.1) is 0 Å². The van der Waals surface area contributed by atoms with Crippen LogP contribution in [0.25, 0.3) is 0 Å². The molecular weight excluding hydrogens is 332 g/mol. The first-order valence-electron chi connectivity index (χ1n) is 6.91. The summed E-state index contributed by atoms with van der Waals surface area (Å²) in [6.45, 7) is 5.92. The number of hydrogen-bond donors (Lipinski definition) is 1. The van der Waals surface area contributed by atoms with Crippen molar-refractivity contribution >= 4 is 11.9 Å². The fraction of sp³-hybridized carbons (Fsp3) is 0.375. The van der Waals surface area contributed by atoms with E-state index in [2.05, 4.69) is 6.58 Å². The zero-order valence-electron chi connectivity index (χ0n) is 13.0. The number of esters is 1. The lowest BCUT2D eigenvalue weighted by molar-refractivity contribution is -0.172. The summed E-state index contributed by atoms with van der Waals surface area (Å²) in [6.07, 6.45) is -6.86. The van der Waals surface area contributed by atoms with Gasteiger partial charge in [0.05, 0.1) is 5.56 Å². The third-order valence-corrected chi connectivity index (χ3v) is 3.33. The number of carboxylic acids is 1. The number of ether oxygens (including phenoxy) is 1. The molecule has 24 heavy (non-hydrogen) atoms. The summed E-state index contributed by atoms with van der Waals surface area (Å²) in [5.41, 5.74) is -5.39. The average molecular weight is 348 g/mol.